The standard InChI is InChI=1S/C12H19N5O3/c1-13-12-16-10-9(14-8-15-10)11(17-12)20-5-3-4-19-7-6-18-2/h8H,3-7H2,1-2H3,(H2,13,14,15,16,17). The van der Waals surface area contributed by atoms with Gasteiger partial charge in [-0.25, -0.2) is 4.98 Å². The van der Waals surface area contributed by atoms with E-state index in [0.29, 0.717) is 49.4 Å². The van der Waals surface area contributed by atoms with Crippen molar-refractivity contribution in [3.05, 3.63) is 6.33 Å². The molecular weight excluding hydrogens is 262 g/mol. The van der Waals surface area contributed by atoms with E-state index in [1.54, 1.807) is 20.5 Å². The quantitative estimate of drug-likeness (QED) is 0.657. The molecule has 0 unspecified atom stereocenters. The Morgan fingerprint density at radius 2 is 2.10 bits per heavy atom. The maximum absolute atomic E-state index is 5.65. The van der Waals surface area contributed by atoms with Crippen molar-refractivity contribution >= 4 is 17.1 Å². The van der Waals surface area contributed by atoms with Gasteiger partial charge in [-0.3, -0.25) is 0 Å². The van der Waals surface area contributed by atoms with Gasteiger partial charge in [-0.15, -0.1) is 0 Å². The van der Waals surface area contributed by atoms with Gasteiger partial charge in [0.05, 0.1) is 26.1 Å². The van der Waals surface area contributed by atoms with Crippen LogP contribution >= 0.6 is 0 Å². The van der Waals surface area contributed by atoms with Crippen LogP contribution < -0.4 is 10.1 Å². The first-order valence-corrected chi connectivity index (χ1v) is 6.43. The van der Waals surface area contributed by atoms with Crippen LogP contribution in [-0.4, -0.2) is 60.5 Å². The molecule has 2 aromatic heterocycles. The van der Waals surface area contributed by atoms with Crippen molar-refractivity contribution in [1.82, 2.24) is 19.9 Å². The molecular formula is C12H19N5O3. The zero-order chi connectivity index (χ0) is 14.2. The number of rotatable bonds is 9. The average Bonchev–Trinajstić information content (AvgIpc) is 2.94. The summed E-state index contributed by atoms with van der Waals surface area (Å²) in [6, 6.07) is 0. The molecule has 0 atom stereocenters. The number of nitrogens with one attached hydrogen (secondary N) is 2. The van der Waals surface area contributed by atoms with Crippen molar-refractivity contribution < 1.29 is 14.2 Å². The highest BCUT2D eigenvalue weighted by atomic mass is 16.5. The summed E-state index contributed by atoms with van der Waals surface area (Å²) in [5, 5.41) is 2.88. The Bertz CT molecular complexity index is 531. The van der Waals surface area contributed by atoms with Gasteiger partial charge in [-0.2, -0.15) is 9.97 Å². The number of ether oxygens (including phenoxy) is 3. The van der Waals surface area contributed by atoms with E-state index in [0.717, 1.165) is 6.42 Å². The lowest BCUT2D eigenvalue weighted by molar-refractivity contribution is 0.0643. The number of hydrogen-bond acceptors (Lipinski definition) is 7. The zero-order valence-corrected chi connectivity index (χ0v) is 11.7. The summed E-state index contributed by atoms with van der Waals surface area (Å²) in [5.74, 6) is 0.977. The second-order valence-electron chi connectivity index (χ2n) is 4.01. The summed E-state index contributed by atoms with van der Waals surface area (Å²) < 4.78 is 15.9. The van der Waals surface area contributed by atoms with E-state index in [-0.39, 0.29) is 0 Å². The first-order valence-electron chi connectivity index (χ1n) is 6.43. The van der Waals surface area contributed by atoms with Crippen LogP contribution in [0.3, 0.4) is 0 Å². The lowest BCUT2D eigenvalue weighted by Crippen LogP contribution is -2.08. The van der Waals surface area contributed by atoms with Crippen molar-refractivity contribution in [2.45, 2.75) is 6.42 Å². The van der Waals surface area contributed by atoms with E-state index < -0.39 is 0 Å². The van der Waals surface area contributed by atoms with Crippen LogP contribution in [0.15, 0.2) is 6.33 Å². The van der Waals surface area contributed by atoms with E-state index >= 15 is 0 Å². The molecule has 110 valence electrons. The number of fused-ring (bicyclic) bond motifs is 1. The van der Waals surface area contributed by atoms with E-state index in [2.05, 4.69) is 25.3 Å². The summed E-state index contributed by atoms with van der Waals surface area (Å²) in [6.45, 7) is 2.34. The third-order valence-electron chi connectivity index (χ3n) is 2.58. The molecule has 2 rings (SSSR count). The Balaban J connectivity index is 1.84. The second kappa shape index (κ2) is 7.61. The predicted molar refractivity (Wildman–Crippen MR) is 74.0 cm³/mol. The van der Waals surface area contributed by atoms with Crippen LogP contribution in [0.4, 0.5) is 5.95 Å². The van der Waals surface area contributed by atoms with Gasteiger partial charge in [0, 0.05) is 27.2 Å². The third-order valence-corrected chi connectivity index (χ3v) is 2.58. The van der Waals surface area contributed by atoms with Gasteiger partial charge in [0.2, 0.25) is 11.8 Å². The number of aromatic nitrogens is 4. The molecule has 2 aromatic rings. The van der Waals surface area contributed by atoms with Gasteiger partial charge >= 0.3 is 0 Å². The minimum atomic E-state index is 0.482. The Morgan fingerprint density at radius 3 is 2.90 bits per heavy atom. The van der Waals surface area contributed by atoms with Crippen molar-refractivity contribution in [3.8, 4) is 5.88 Å². The van der Waals surface area contributed by atoms with Crippen LogP contribution in [0.5, 0.6) is 5.88 Å². The monoisotopic (exact) mass is 281 g/mol. The van der Waals surface area contributed by atoms with Crippen LogP contribution in [0, 0.1) is 0 Å². The number of methoxy groups -OCH3 is 1. The average molecular weight is 281 g/mol. The van der Waals surface area contributed by atoms with Gasteiger partial charge in [-0.1, -0.05) is 0 Å². The SMILES string of the molecule is CNc1nc(OCCCOCCOC)c2[nH]cnc2n1. The minimum absolute atomic E-state index is 0.482. The van der Waals surface area contributed by atoms with Gasteiger partial charge in [-0.05, 0) is 0 Å². The highest BCUT2D eigenvalue weighted by Gasteiger charge is 2.10. The number of aromatic amines is 1. The van der Waals surface area contributed by atoms with E-state index in [4.69, 9.17) is 14.2 Å². The van der Waals surface area contributed by atoms with Crippen molar-refractivity contribution in [2.75, 3.05) is 45.9 Å². The van der Waals surface area contributed by atoms with Crippen LogP contribution in [0.1, 0.15) is 6.42 Å². The summed E-state index contributed by atoms with van der Waals surface area (Å²) >= 11 is 0. The Morgan fingerprint density at radius 1 is 1.20 bits per heavy atom. The molecule has 0 fully saturated rings. The fourth-order valence-corrected chi connectivity index (χ4v) is 1.60. The lowest BCUT2D eigenvalue weighted by atomic mass is 10.5. The van der Waals surface area contributed by atoms with Crippen LogP contribution in [0.25, 0.3) is 11.2 Å². The molecule has 8 heteroatoms. The molecule has 0 aromatic carbocycles. The first-order chi connectivity index (χ1) is 9.85. The zero-order valence-electron chi connectivity index (χ0n) is 11.7. The Labute approximate surface area is 116 Å². The normalized spacial score (nSPS) is 10.9. The van der Waals surface area contributed by atoms with Gasteiger partial charge in [0.1, 0.15) is 5.52 Å². The van der Waals surface area contributed by atoms with Crippen molar-refractivity contribution in [2.24, 2.45) is 0 Å². The van der Waals surface area contributed by atoms with E-state index in [9.17, 15) is 0 Å². The summed E-state index contributed by atoms with van der Waals surface area (Å²) in [7, 11) is 3.40. The minimum Gasteiger partial charge on any atom is -0.476 e. The van der Waals surface area contributed by atoms with Gasteiger partial charge < -0.3 is 24.5 Å². The molecule has 8 nitrogen and oxygen atoms in total. The lowest BCUT2D eigenvalue weighted by Gasteiger charge is -2.08. The summed E-state index contributed by atoms with van der Waals surface area (Å²) in [6.07, 6.45) is 2.34. The van der Waals surface area contributed by atoms with Crippen LogP contribution in [-0.2, 0) is 9.47 Å². The first kappa shape index (κ1) is 14.5. The number of anilines is 1. The highest BCUT2D eigenvalue weighted by molar-refractivity contribution is 5.76. The fourth-order valence-electron chi connectivity index (χ4n) is 1.60. The molecule has 0 bridgehead atoms. The maximum atomic E-state index is 5.65. The predicted octanol–water partition coefficient (Wildman–Crippen LogP) is 0.826. The number of H-pyrrole nitrogens is 1. The largest absolute Gasteiger partial charge is 0.476 e. The molecule has 0 radical (unpaired) electrons. The number of hydrogen-bond donors (Lipinski definition) is 2. The fraction of sp³-hybridized carbons (Fsp3) is 0.583. The molecule has 0 spiro atoms. The number of imidazole rings is 1. The second-order valence-corrected chi connectivity index (χ2v) is 4.01. The highest BCUT2D eigenvalue weighted by Crippen LogP contribution is 2.20. The molecule has 2 heterocycles. The van der Waals surface area contributed by atoms with Gasteiger partial charge in [0.25, 0.3) is 0 Å². The Hall–Kier alpha value is -1.93. The topological polar surface area (TPSA) is 94.2 Å². The van der Waals surface area contributed by atoms with Crippen molar-refractivity contribution in [1.29, 1.82) is 0 Å². The van der Waals surface area contributed by atoms with E-state index in [1.807, 2.05) is 0 Å². The molecule has 2 N–H and O–H groups in total. The summed E-state index contributed by atoms with van der Waals surface area (Å²) in [5.41, 5.74) is 1.28. The van der Waals surface area contributed by atoms with Crippen molar-refractivity contribution in [3.63, 3.8) is 0 Å². The number of nitrogens with zero attached hydrogens (tertiary/aromatic N) is 3. The molecule has 0 aliphatic heterocycles. The van der Waals surface area contributed by atoms with Crippen LogP contribution in [0.2, 0.25) is 0 Å². The Kier molecular flexibility index (Phi) is 5.51. The molecule has 0 aliphatic rings. The molecule has 0 amide bonds. The molecule has 0 saturated heterocycles. The third kappa shape index (κ3) is 3.78. The molecule has 20 heavy (non-hydrogen) atoms. The van der Waals surface area contributed by atoms with E-state index in [1.165, 1.54) is 0 Å². The van der Waals surface area contributed by atoms with Gasteiger partial charge in [0.15, 0.2) is 5.65 Å². The molecule has 0 aliphatic carbocycles. The smallest absolute Gasteiger partial charge is 0.245 e. The summed E-state index contributed by atoms with van der Waals surface area (Å²) in [4.78, 5) is 15.5. The maximum Gasteiger partial charge on any atom is 0.245 e. The molecule has 0 saturated carbocycles.